The Hall–Kier alpha value is -1.30. The number of rotatable bonds is 3. The van der Waals surface area contributed by atoms with Crippen LogP contribution in [0.2, 0.25) is 0 Å². The first-order valence-electron chi connectivity index (χ1n) is 7.73. The Balaban J connectivity index is 1.65. The molecular formula is C16H23NO4. The Kier molecular flexibility index (Phi) is 4.33. The number of hydrogen-bond donors (Lipinski definition) is 4. The molecule has 1 heterocycles. The number of phenolic OH excluding ortho intramolecular Hbond substituents is 2. The molecule has 1 fully saturated rings. The van der Waals surface area contributed by atoms with Gasteiger partial charge in [-0.05, 0) is 43.7 Å². The SMILES string of the molecule is Oc1ccc2c(c1O)CCC(NCC1CCCCO1)C2O. The maximum Gasteiger partial charge on any atom is 0.161 e. The van der Waals surface area contributed by atoms with E-state index in [1.807, 2.05) is 0 Å². The van der Waals surface area contributed by atoms with Crippen molar-refractivity contribution in [3.63, 3.8) is 0 Å². The number of nitrogens with one attached hydrogen (secondary N) is 1. The minimum absolute atomic E-state index is 0.0352. The lowest BCUT2D eigenvalue weighted by Crippen LogP contribution is -2.43. The third kappa shape index (κ3) is 3.00. The molecule has 0 bridgehead atoms. The average molecular weight is 293 g/mol. The van der Waals surface area contributed by atoms with Gasteiger partial charge in [-0.3, -0.25) is 0 Å². The highest BCUT2D eigenvalue weighted by atomic mass is 16.5. The van der Waals surface area contributed by atoms with Crippen LogP contribution >= 0.6 is 0 Å². The van der Waals surface area contributed by atoms with Crippen molar-refractivity contribution in [1.82, 2.24) is 5.32 Å². The van der Waals surface area contributed by atoms with Crippen LogP contribution < -0.4 is 5.32 Å². The quantitative estimate of drug-likeness (QED) is 0.637. The second-order valence-electron chi connectivity index (χ2n) is 5.99. The molecule has 1 aromatic rings. The maximum absolute atomic E-state index is 10.5. The lowest BCUT2D eigenvalue weighted by atomic mass is 9.85. The molecule has 116 valence electrons. The molecule has 2 aliphatic rings. The summed E-state index contributed by atoms with van der Waals surface area (Å²) in [6.07, 6.45) is 4.37. The molecule has 0 saturated carbocycles. The summed E-state index contributed by atoms with van der Waals surface area (Å²) in [4.78, 5) is 0. The number of benzene rings is 1. The normalized spacial score (nSPS) is 29.1. The fourth-order valence-electron chi connectivity index (χ4n) is 3.32. The molecule has 5 heteroatoms. The fraction of sp³-hybridized carbons (Fsp3) is 0.625. The van der Waals surface area contributed by atoms with Crippen LogP contribution in [0, 0.1) is 0 Å². The second-order valence-corrected chi connectivity index (χ2v) is 5.99. The Labute approximate surface area is 124 Å². The van der Waals surface area contributed by atoms with Crippen LogP contribution in [0.15, 0.2) is 12.1 Å². The predicted octanol–water partition coefficient (Wildman–Crippen LogP) is 1.60. The molecule has 3 atom stereocenters. The number of aromatic hydroxyl groups is 2. The lowest BCUT2D eigenvalue weighted by molar-refractivity contribution is 0.00998. The van der Waals surface area contributed by atoms with Crippen LogP contribution in [-0.4, -0.2) is 40.6 Å². The van der Waals surface area contributed by atoms with Crippen LogP contribution in [0.4, 0.5) is 0 Å². The van der Waals surface area contributed by atoms with Crippen molar-refractivity contribution in [2.45, 2.75) is 50.4 Å². The summed E-state index contributed by atoms with van der Waals surface area (Å²) in [5.41, 5.74) is 1.37. The van der Waals surface area contributed by atoms with E-state index in [-0.39, 0.29) is 23.6 Å². The minimum Gasteiger partial charge on any atom is -0.504 e. The van der Waals surface area contributed by atoms with Crippen LogP contribution in [0.3, 0.4) is 0 Å². The Morgan fingerprint density at radius 3 is 2.81 bits per heavy atom. The van der Waals surface area contributed by atoms with Gasteiger partial charge in [0.05, 0.1) is 12.2 Å². The van der Waals surface area contributed by atoms with Gasteiger partial charge in [0.1, 0.15) is 0 Å². The highest BCUT2D eigenvalue weighted by Crippen LogP contribution is 2.39. The van der Waals surface area contributed by atoms with Gasteiger partial charge in [0, 0.05) is 24.8 Å². The highest BCUT2D eigenvalue weighted by molar-refractivity contribution is 5.51. The van der Waals surface area contributed by atoms with E-state index in [2.05, 4.69) is 5.32 Å². The van der Waals surface area contributed by atoms with Gasteiger partial charge in [-0.1, -0.05) is 6.07 Å². The molecule has 1 aromatic carbocycles. The van der Waals surface area contributed by atoms with Gasteiger partial charge in [-0.25, -0.2) is 0 Å². The van der Waals surface area contributed by atoms with Crippen LogP contribution in [0.25, 0.3) is 0 Å². The molecule has 0 spiro atoms. The molecule has 1 aliphatic heterocycles. The van der Waals surface area contributed by atoms with Crippen molar-refractivity contribution >= 4 is 0 Å². The molecule has 21 heavy (non-hydrogen) atoms. The van der Waals surface area contributed by atoms with Crippen LogP contribution in [0.1, 0.15) is 42.9 Å². The number of fused-ring (bicyclic) bond motifs is 1. The van der Waals surface area contributed by atoms with E-state index in [1.165, 1.54) is 12.5 Å². The van der Waals surface area contributed by atoms with Gasteiger partial charge >= 0.3 is 0 Å². The summed E-state index contributed by atoms with van der Waals surface area (Å²) >= 11 is 0. The highest BCUT2D eigenvalue weighted by Gasteiger charge is 2.30. The summed E-state index contributed by atoms with van der Waals surface area (Å²) in [6.45, 7) is 1.58. The number of hydrogen-bond acceptors (Lipinski definition) is 5. The van der Waals surface area contributed by atoms with E-state index in [0.29, 0.717) is 17.5 Å². The Morgan fingerprint density at radius 1 is 1.19 bits per heavy atom. The van der Waals surface area contributed by atoms with Crippen LogP contribution in [0.5, 0.6) is 11.5 Å². The van der Waals surface area contributed by atoms with Crippen molar-refractivity contribution in [3.8, 4) is 11.5 Å². The monoisotopic (exact) mass is 293 g/mol. The van der Waals surface area contributed by atoms with Crippen molar-refractivity contribution in [2.24, 2.45) is 0 Å². The van der Waals surface area contributed by atoms with E-state index in [1.54, 1.807) is 6.07 Å². The average Bonchev–Trinajstić information content (AvgIpc) is 2.51. The van der Waals surface area contributed by atoms with Crippen molar-refractivity contribution in [3.05, 3.63) is 23.3 Å². The van der Waals surface area contributed by atoms with E-state index >= 15 is 0 Å². The first-order chi connectivity index (χ1) is 10.2. The van der Waals surface area contributed by atoms with Gasteiger partial charge in [0.15, 0.2) is 11.5 Å². The fourth-order valence-corrected chi connectivity index (χ4v) is 3.32. The van der Waals surface area contributed by atoms with Crippen molar-refractivity contribution in [1.29, 1.82) is 0 Å². The molecule has 0 radical (unpaired) electrons. The summed E-state index contributed by atoms with van der Waals surface area (Å²) < 4.78 is 5.69. The molecule has 4 N–H and O–H groups in total. The van der Waals surface area contributed by atoms with Gasteiger partial charge in [0.25, 0.3) is 0 Å². The number of ether oxygens (including phenoxy) is 1. The second kappa shape index (κ2) is 6.22. The Morgan fingerprint density at radius 2 is 2.05 bits per heavy atom. The zero-order valence-corrected chi connectivity index (χ0v) is 12.1. The molecule has 1 saturated heterocycles. The standard InChI is InChI=1S/C16H23NO4/c18-14-7-5-11-12(16(14)20)4-6-13(15(11)19)17-9-10-3-1-2-8-21-10/h5,7,10,13,15,17-20H,1-4,6,8-9H2. The zero-order valence-electron chi connectivity index (χ0n) is 12.1. The van der Waals surface area contributed by atoms with E-state index in [4.69, 9.17) is 4.74 Å². The largest absolute Gasteiger partial charge is 0.504 e. The van der Waals surface area contributed by atoms with Gasteiger partial charge in [0.2, 0.25) is 0 Å². The summed E-state index contributed by atoms with van der Waals surface area (Å²) in [6, 6.07) is 3.09. The number of phenols is 2. The van der Waals surface area contributed by atoms with Crippen molar-refractivity contribution in [2.75, 3.05) is 13.2 Å². The summed E-state index contributed by atoms with van der Waals surface area (Å²) in [5.74, 6) is -0.219. The molecule has 5 nitrogen and oxygen atoms in total. The lowest BCUT2D eigenvalue weighted by Gasteiger charge is -2.33. The third-order valence-electron chi connectivity index (χ3n) is 4.58. The zero-order chi connectivity index (χ0) is 14.8. The smallest absolute Gasteiger partial charge is 0.161 e. The van der Waals surface area contributed by atoms with Crippen molar-refractivity contribution < 1.29 is 20.1 Å². The third-order valence-corrected chi connectivity index (χ3v) is 4.58. The van der Waals surface area contributed by atoms with E-state index in [9.17, 15) is 15.3 Å². The van der Waals surface area contributed by atoms with Gasteiger partial charge < -0.3 is 25.4 Å². The predicted molar refractivity (Wildman–Crippen MR) is 78.4 cm³/mol. The molecular weight excluding hydrogens is 270 g/mol. The summed E-state index contributed by atoms with van der Waals surface area (Å²) in [5, 5.41) is 33.3. The molecule has 1 aliphatic carbocycles. The van der Waals surface area contributed by atoms with Gasteiger partial charge in [-0.2, -0.15) is 0 Å². The van der Waals surface area contributed by atoms with E-state index in [0.717, 1.165) is 32.4 Å². The first-order valence-corrected chi connectivity index (χ1v) is 7.73. The van der Waals surface area contributed by atoms with Crippen LogP contribution in [-0.2, 0) is 11.2 Å². The molecule has 3 rings (SSSR count). The van der Waals surface area contributed by atoms with Gasteiger partial charge in [-0.15, -0.1) is 0 Å². The number of aliphatic hydroxyl groups excluding tert-OH is 1. The maximum atomic E-state index is 10.5. The summed E-state index contributed by atoms with van der Waals surface area (Å²) in [7, 11) is 0. The topological polar surface area (TPSA) is 82.0 Å². The molecule has 3 unspecified atom stereocenters. The molecule has 0 aromatic heterocycles. The minimum atomic E-state index is -0.663. The van der Waals surface area contributed by atoms with E-state index < -0.39 is 6.10 Å². The first kappa shape index (κ1) is 14.6. The Bertz CT molecular complexity index is 499. The molecule has 0 amide bonds. The number of aliphatic hydroxyl groups is 1.